The topological polar surface area (TPSA) is 63.4 Å². The van der Waals surface area contributed by atoms with Crippen LogP contribution in [-0.2, 0) is 6.42 Å². The molecular formula is C18H16F2N2O2. The van der Waals surface area contributed by atoms with Gasteiger partial charge in [0.05, 0.1) is 11.1 Å². The average Bonchev–Trinajstić information content (AvgIpc) is 2.81. The molecule has 0 aliphatic carbocycles. The Morgan fingerprint density at radius 3 is 2.17 bits per heavy atom. The Labute approximate surface area is 137 Å². The van der Waals surface area contributed by atoms with E-state index >= 15 is 0 Å². The van der Waals surface area contributed by atoms with Crippen molar-refractivity contribution in [1.82, 2.24) is 4.90 Å². The van der Waals surface area contributed by atoms with Crippen LogP contribution in [0.4, 0.5) is 8.78 Å². The zero-order valence-corrected chi connectivity index (χ0v) is 12.8. The van der Waals surface area contributed by atoms with Gasteiger partial charge in [0.25, 0.3) is 11.8 Å². The van der Waals surface area contributed by atoms with Crippen LogP contribution in [0.2, 0.25) is 0 Å². The van der Waals surface area contributed by atoms with Crippen molar-refractivity contribution >= 4 is 11.8 Å². The molecule has 4 nitrogen and oxygen atoms in total. The normalized spacial score (nSPS) is 14.9. The first kappa shape index (κ1) is 16.3. The minimum atomic E-state index is -0.917. The van der Waals surface area contributed by atoms with Gasteiger partial charge in [0, 0.05) is 12.6 Å². The minimum Gasteiger partial charge on any atom is -0.327 e. The minimum absolute atomic E-state index is 0.192. The summed E-state index contributed by atoms with van der Waals surface area (Å²) in [5.74, 6) is -2.47. The van der Waals surface area contributed by atoms with Crippen LogP contribution < -0.4 is 5.73 Å². The van der Waals surface area contributed by atoms with Crippen molar-refractivity contribution in [2.24, 2.45) is 5.73 Å². The van der Waals surface area contributed by atoms with E-state index in [9.17, 15) is 18.4 Å². The van der Waals surface area contributed by atoms with E-state index in [4.69, 9.17) is 5.73 Å². The monoisotopic (exact) mass is 330 g/mol. The zero-order chi connectivity index (χ0) is 17.3. The molecule has 0 spiro atoms. The van der Waals surface area contributed by atoms with Crippen molar-refractivity contribution in [2.45, 2.75) is 18.9 Å². The number of benzene rings is 2. The predicted octanol–water partition coefficient (Wildman–Crippen LogP) is 2.52. The lowest BCUT2D eigenvalue weighted by molar-refractivity contribution is 0.0650. The molecule has 2 aromatic rings. The molecule has 0 aromatic heterocycles. The van der Waals surface area contributed by atoms with Gasteiger partial charge >= 0.3 is 0 Å². The number of hydrogen-bond donors (Lipinski definition) is 1. The molecular weight excluding hydrogens is 314 g/mol. The summed E-state index contributed by atoms with van der Waals surface area (Å²) in [5, 5.41) is 0. The Morgan fingerprint density at radius 2 is 1.58 bits per heavy atom. The number of fused-ring (bicyclic) bond motifs is 1. The van der Waals surface area contributed by atoms with E-state index in [0.29, 0.717) is 29.5 Å². The number of rotatable bonds is 5. The second-order valence-corrected chi connectivity index (χ2v) is 5.81. The second-order valence-electron chi connectivity index (χ2n) is 5.81. The first-order chi connectivity index (χ1) is 11.5. The number of halogens is 2. The van der Waals surface area contributed by atoms with E-state index in [1.165, 1.54) is 11.0 Å². The van der Waals surface area contributed by atoms with Crippen LogP contribution >= 0.6 is 0 Å². The van der Waals surface area contributed by atoms with Crippen LogP contribution in [0.3, 0.4) is 0 Å². The average molecular weight is 330 g/mol. The summed E-state index contributed by atoms with van der Waals surface area (Å²) in [5.41, 5.74) is 7.37. The maximum atomic E-state index is 13.2. The highest BCUT2D eigenvalue weighted by Crippen LogP contribution is 2.22. The van der Waals surface area contributed by atoms with Gasteiger partial charge in [0.1, 0.15) is 0 Å². The number of carbonyl (C=O) groups excluding carboxylic acids is 2. The number of amides is 2. The summed E-state index contributed by atoms with van der Waals surface area (Å²) in [7, 11) is 0. The highest BCUT2D eigenvalue weighted by molar-refractivity contribution is 6.21. The fourth-order valence-corrected chi connectivity index (χ4v) is 2.81. The Bertz CT molecular complexity index is 772. The number of nitrogens with two attached hydrogens (primary N) is 1. The van der Waals surface area contributed by atoms with Crippen LogP contribution in [0.1, 0.15) is 32.7 Å². The molecule has 6 heteroatoms. The fraction of sp³-hybridized carbons (Fsp3) is 0.222. The van der Waals surface area contributed by atoms with E-state index in [0.717, 1.165) is 12.1 Å². The van der Waals surface area contributed by atoms with E-state index in [1.807, 2.05) is 0 Å². The van der Waals surface area contributed by atoms with Crippen LogP contribution in [0.15, 0.2) is 42.5 Å². The van der Waals surface area contributed by atoms with Gasteiger partial charge in [0.15, 0.2) is 11.6 Å². The molecule has 24 heavy (non-hydrogen) atoms. The maximum Gasteiger partial charge on any atom is 0.261 e. The third kappa shape index (κ3) is 3.05. The molecule has 2 N–H and O–H groups in total. The van der Waals surface area contributed by atoms with Crippen molar-refractivity contribution in [3.8, 4) is 0 Å². The van der Waals surface area contributed by atoms with Crippen molar-refractivity contribution < 1.29 is 18.4 Å². The lowest BCUT2D eigenvalue weighted by atomic mass is 10.0. The van der Waals surface area contributed by atoms with Crippen LogP contribution in [-0.4, -0.2) is 29.3 Å². The van der Waals surface area contributed by atoms with Crippen molar-refractivity contribution in [2.75, 3.05) is 6.54 Å². The summed E-state index contributed by atoms with van der Waals surface area (Å²) in [6, 6.07) is 9.93. The quantitative estimate of drug-likeness (QED) is 0.857. The lowest BCUT2D eigenvalue weighted by Gasteiger charge is -2.17. The molecule has 1 heterocycles. The van der Waals surface area contributed by atoms with Crippen molar-refractivity contribution in [3.63, 3.8) is 0 Å². The highest BCUT2D eigenvalue weighted by Gasteiger charge is 2.34. The van der Waals surface area contributed by atoms with Gasteiger partial charge in [0.2, 0.25) is 0 Å². The van der Waals surface area contributed by atoms with Crippen molar-refractivity contribution in [1.29, 1.82) is 0 Å². The van der Waals surface area contributed by atoms with Gasteiger partial charge in [-0.1, -0.05) is 18.2 Å². The van der Waals surface area contributed by atoms with Gasteiger partial charge in [-0.05, 0) is 42.7 Å². The van der Waals surface area contributed by atoms with E-state index < -0.39 is 11.6 Å². The standard InChI is InChI=1S/C18H16F2N2O2/c19-15-6-5-11(10-16(15)20)9-12(21)7-8-22-17(23)13-3-1-2-4-14(13)18(22)24/h1-6,10,12H,7-9,21H2/t12-/m1/s1. The third-order valence-electron chi connectivity index (χ3n) is 4.08. The largest absolute Gasteiger partial charge is 0.327 e. The predicted molar refractivity (Wildman–Crippen MR) is 84.5 cm³/mol. The molecule has 3 rings (SSSR count). The summed E-state index contributed by atoms with van der Waals surface area (Å²) < 4.78 is 26.1. The van der Waals surface area contributed by atoms with E-state index in [1.54, 1.807) is 24.3 Å². The van der Waals surface area contributed by atoms with E-state index in [2.05, 4.69) is 0 Å². The molecule has 0 fully saturated rings. The van der Waals surface area contributed by atoms with Gasteiger partial charge in [-0.15, -0.1) is 0 Å². The second kappa shape index (κ2) is 6.49. The highest BCUT2D eigenvalue weighted by atomic mass is 19.2. The number of imide groups is 1. The fourth-order valence-electron chi connectivity index (χ4n) is 2.81. The first-order valence-corrected chi connectivity index (χ1v) is 7.62. The maximum absolute atomic E-state index is 13.2. The molecule has 1 aliphatic heterocycles. The molecule has 0 saturated carbocycles. The summed E-state index contributed by atoms with van der Waals surface area (Å²) in [6.07, 6.45) is 0.713. The Balaban J connectivity index is 1.61. The molecule has 1 atom stereocenters. The molecule has 0 radical (unpaired) electrons. The molecule has 2 amide bonds. The zero-order valence-electron chi connectivity index (χ0n) is 12.8. The molecule has 2 aromatic carbocycles. The SMILES string of the molecule is N[C@H](CCN1C(=O)c2ccccc2C1=O)Cc1ccc(F)c(F)c1. The third-order valence-corrected chi connectivity index (χ3v) is 4.08. The summed E-state index contributed by atoms with van der Waals surface area (Å²) in [4.78, 5) is 25.6. The molecule has 0 bridgehead atoms. The Hall–Kier alpha value is -2.60. The Morgan fingerprint density at radius 1 is 0.958 bits per heavy atom. The van der Waals surface area contributed by atoms with Gasteiger partial charge in [-0.3, -0.25) is 14.5 Å². The van der Waals surface area contributed by atoms with Crippen LogP contribution in [0.25, 0.3) is 0 Å². The summed E-state index contributed by atoms with van der Waals surface area (Å²) >= 11 is 0. The van der Waals surface area contributed by atoms with Crippen LogP contribution in [0, 0.1) is 11.6 Å². The van der Waals surface area contributed by atoms with Crippen molar-refractivity contribution in [3.05, 3.63) is 70.8 Å². The van der Waals surface area contributed by atoms with Gasteiger partial charge < -0.3 is 5.73 Å². The first-order valence-electron chi connectivity index (χ1n) is 7.62. The number of hydrogen-bond acceptors (Lipinski definition) is 3. The van der Waals surface area contributed by atoms with E-state index in [-0.39, 0.29) is 24.4 Å². The van der Waals surface area contributed by atoms with Gasteiger partial charge in [-0.25, -0.2) is 8.78 Å². The molecule has 0 saturated heterocycles. The van der Waals surface area contributed by atoms with Crippen LogP contribution in [0.5, 0.6) is 0 Å². The molecule has 1 aliphatic rings. The smallest absolute Gasteiger partial charge is 0.261 e. The number of carbonyl (C=O) groups is 2. The lowest BCUT2D eigenvalue weighted by Crippen LogP contribution is -2.35. The van der Waals surface area contributed by atoms with Gasteiger partial charge in [-0.2, -0.15) is 0 Å². The molecule has 0 unspecified atom stereocenters. The molecule has 124 valence electrons. The Kier molecular flexibility index (Phi) is 4.40. The number of nitrogens with zero attached hydrogens (tertiary/aromatic N) is 1. The summed E-state index contributed by atoms with van der Waals surface area (Å²) in [6.45, 7) is 0.192.